The van der Waals surface area contributed by atoms with Crippen molar-refractivity contribution < 1.29 is 18.8 Å². The molecule has 2 amide bonds. The number of nitrogens with one attached hydrogen (secondary N) is 3. The van der Waals surface area contributed by atoms with Crippen LogP contribution in [0, 0.1) is 6.92 Å². The molecule has 2 aromatic heterocycles. The van der Waals surface area contributed by atoms with Gasteiger partial charge in [-0.2, -0.15) is 0 Å². The summed E-state index contributed by atoms with van der Waals surface area (Å²) >= 11 is 0. The Morgan fingerprint density at radius 3 is 2.74 bits per heavy atom. The highest BCUT2D eigenvalue weighted by Gasteiger charge is 2.28. The summed E-state index contributed by atoms with van der Waals surface area (Å²) in [4.78, 5) is 47.8. The molecule has 1 aliphatic carbocycles. The number of ether oxygens (including phenoxy) is 1. The molecule has 1 atom stereocenters. The van der Waals surface area contributed by atoms with Crippen molar-refractivity contribution in [3.63, 3.8) is 0 Å². The maximum absolute atomic E-state index is 13.0. The van der Waals surface area contributed by atoms with E-state index >= 15 is 0 Å². The van der Waals surface area contributed by atoms with Crippen molar-refractivity contribution in [2.75, 3.05) is 6.61 Å². The number of fused-ring (bicyclic) bond motifs is 2. The smallest absolute Gasteiger partial charge is 0.439 e. The first kappa shape index (κ1) is 23.6. The van der Waals surface area contributed by atoms with E-state index in [9.17, 15) is 14.4 Å². The van der Waals surface area contributed by atoms with Gasteiger partial charge >= 0.3 is 5.76 Å². The number of hydrogen-bond donors (Lipinski definition) is 3. The standard InChI is InChI=1S/C27H24N6O5/c1-14-17-5-6-20(19(17)4-3-18(14)24-32-27(36)38-33-24)31-26(35)22-11-21(29-13-30-22)25(34)28-12-15-2-7-23-16(10-15)8-9-37-23/h2-4,7,10-11,13,20H,5-6,8-9,12H2,1H3,(H,28,34)(H,31,35)(H,32,33,36)/t20-/m0/s1. The van der Waals surface area contributed by atoms with Crippen LogP contribution in [-0.2, 0) is 19.4 Å². The van der Waals surface area contributed by atoms with Gasteiger partial charge in [-0.05, 0) is 53.6 Å². The van der Waals surface area contributed by atoms with Crippen LogP contribution in [0.25, 0.3) is 11.4 Å². The minimum Gasteiger partial charge on any atom is -0.493 e. The second-order valence-corrected chi connectivity index (χ2v) is 9.33. The maximum Gasteiger partial charge on any atom is 0.439 e. The Hall–Kier alpha value is -4.80. The average molecular weight is 513 g/mol. The predicted octanol–water partition coefficient (Wildman–Crippen LogP) is 2.41. The molecule has 11 heteroatoms. The van der Waals surface area contributed by atoms with Crippen molar-refractivity contribution >= 4 is 11.8 Å². The Morgan fingerprint density at radius 2 is 1.92 bits per heavy atom. The molecular weight excluding hydrogens is 488 g/mol. The second-order valence-electron chi connectivity index (χ2n) is 9.33. The van der Waals surface area contributed by atoms with E-state index in [-0.39, 0.29) is 23.3 Å². The van der Waals surface area contributed by atoms with Gasteiger partial charge in [-0.15, -0.1) is 0 Å². The molecule has 0 saturated carbocycles. The first-order valence-corrected chi connectivity index (χ1v) is 12.3. The van der Waals surface area contributed by atoms with Gasteiger partial charge in [0, 0.05) is 24.6 Å². The van der Waals surface area contributed by atoms with E-state index in [1.54, 1.807) is 0 Å². The number of carbonyl (C=O) groups excluding carboxylic acids is 2. The molecular formula is C27H24N6O5. The van der Waals surface area contributed by atoms with Crippen LogP contribution in [0.3, 0.4) is 0 Å². The number of H-pyrrole nitrogens is 1. The lowest BCUT2D eigenvalue weighted by atomic mass is 9.97. The molecule has 0 unspecified atom stereocenters. The monoisotopic (exact) mass is 512 g/mol. The molecule has 3 N–H and O–H groups in total. The summed E-state index contributed by atoms with van der Waals surface area (Å²) < 4.78 is 10.2. The predicted molar refractivity (Wildman–Crippen MR) is 135 cm³/mol. The number of rotatable bonds is 6. The van der Waals surface area contributed by atoms with E-state index in [4.69, 9.17) is 4.74 Å². The fraction of sp³-hybridized carbons (Fsp3) is 0.259. The Morgan fingerprint density at radius 1 is 1.08 bits per heavy atom. The van der Waals surface area contributed by atoms with Gasteiger partial charge in [0.1, 0.15) is 23.5 Å². The normalized spacial score (nSPS) is 15.4. The third-order valence-corrected chi connectivity index (χ3v) is 7.03. The number of benzene rings is 2. The number of hydrogen-bond acceptors (Lipinski definition) is 8. The number of aromatic nitrogens is 4. The fourth-order valence-corrected chi connectivity index (χ4v) is 5.09. The molecule has 0 spiro atoms. The van der Waals surface area contributed by atoms with Crippen LogP contribution in [0.5, 0.6) is 5.75 Å². The minimum atomic E-state index is -0.610. The quantitative estimate of drug-likeness (QED) is 0.356. The van der Waals surface area contributed by atoms with Crippen LogP contribution in [-0.4, -0.2) is 38.5 Å². The van der Waals surface area contributed by atoms with Crippen LogP contribution in [0.2, 0.25) is 0 Å². The summed E-state index contributed by atoms with van der Waals surface area (Å²) in [7, 11) is 0. The maximum atomic E-state index is 13.0. The van der Waals surface area contributed by atoms with Crippen molar-refractivity contribution in [3.8, 4) is 17.1 Å². The molecule has 6 rings (SSSR count). The summed E-state index contributed by atoms with van der Waals surface area (Å²) in [5.74, 6) is -0.127. The molecule has 3 heterocycles. The molecule has 38 heavy (non-hydrogen) atoms. The van der Waals surface area contributed by atoms with E-state index in [2.05, 4.69) is 35.3 Å². The molecule has 192 valence electrons. The summed E-state index contributed by atoms with van der Waals surface area (Å²) in [5.41, 5.74) is 6.16. The molecule has 11 nitrogen and oxygen atoms in total. The zero-order valence-corrected chi connectivity index (χ0v) is 20.5. The van der Waals surface area contributed by atoms with Gasteiger partial charge < -0.3 is 15.4 Å². The number of aromatic amines is 1. The third-order valence-electron chi connectivity index (χ3n) is 7.03. The highest BCUT2D eigenvalue weighted by Crippen LogP contribution is 2.37. The third kappa shape index (κ3) is 4.42. The largest absolute Gasteiger partial charge is 0.493 e. The van der Waals surface area contributed by atoms with E-state index < -0.39 is 11.7 Å². The first-order valence-electron chi connectivity index (χ1n) is 12.3. The van der Waals surface area contributed by atoms with Gasteiger partial charge in [-0.3, -0.25) is 19.1 Å². The molecule has 2 aromatic carbocycles. The zero-order chi connectivity index (χ0) is 26.2. The highest BCUT2D eigenvalue weighted by molar-refractivity contribution is 5.97. The molecule has 0 saturated heterocycles. The van der Waals surface area contributed by atoms with Crippen LogP contribution >= 0.6 is 0 Å². The minimum absolute atomic E-state index is 0.113. The Balaban J connectivity index is 1.13. The molecule has 0 fully saturated rings. The molecule has 1 aliphatic heterocycles. The Kier molecular flexibility index (Phi) is 5.95. The van der Waals surface area contributed by atoms with Crippen molar-refractivity contribution in [1.29, 1.82) is 0 Å². The number of nitrogens with zero attached hydrogens (tertiary/aromatic N) is 3. The van der Waals surface area contributed by atoms with Crippen LogP contribution in [0.15, 0.2) is 52.0 Å². The van der Waals surface area contributed by atoms with Crippen molar-refractivity contribution in [3.05, 3.63) is 92.5 Å². The summed E-state index contributed by atoms with van der Waals surface area (Å²) in [6.07, 6.45) is 3.55. The Labute approximate surface area is 216 Å². The first-order chi connectivity index (χ1) is 18.5. The van der Waals surface area contributed by atoms with Crippen LogP contribution in [0.4, 0.5) is 0 Å². The van der Waals surface area contributed by atoms with Gasteiger partial charge in [0.05, 0.1) is 12.6 Å². The van der Waals surface area contributed by atoms with Crippen LogP contribution in [0.1, 0.15) is 61.3 Å². The second kappa shape index (κ2) is 9.58. The van der Waals surface area contributed by atoms with E-state index in [1.165, 1.54) is 12.4 Å². The van der Waals surface area contributed by atoms with Crippen LogP contribution < -0.4 is 21.1 Å². The number of carbonyl (C=O) groups is 2. The summed E-state index contributed by atoms with van der Waals surface area (Å²) in [5, 5.41) is 9.66. The lowest BCUT2D eigenvalue weighted by Gasteiger charge is -2.15. The topological polar surface area (TPSA) is 152 Å². The fourth-order valence-electron chi connectivity index (χ4n) is 5.09. The molecule has 0 bridgehead atoms. The average Bonchev–Trinajstić information content (AvgIpc) is 3.67. The molecule has 2 aliphatic rings. The van der Waals surface area contributed by atoms with Crippen molar-refractivity contribution in [2.24, 2.45) is 0 Å². The van der Waals surface area contributed by atoms with Gasteiger partial charge in [-0.1, -0.05) is 29.4 Å². The SMILES string of the molecule is Cc1c(-c2noc(=O)[nH]2)ccc2c1CC[C@@H]2NC(=O)c1cc(C(=O)NCc2ccc3c(c2)CCO3)ncn1. The van der Waals surface area contributed by atoms with Gasteiger partial charge in [0.15, 0.2) is 5.82 Å². The van der Waals surface area contributed by atoms with Gasteiger partial charge in [0.2, 0.25) is 0 Å². The molecule has 0 radical (unpaired) electrons. The summed E-state index contributed by atoms with van der Waals surface area (Å²) in [6, 6.07) is 10.8. The van der Waals surface area contributed by atoms with Gasteiger partial charge in [0.25, 0.3) is 11.8 Å². The van der Waals surface area contributed by atoms with E-state index in [0.29, 0.717) is 25.4 Å². The number of amides is 2. The Bertz CT molecular complexity index is 1620. The zero-order valence-electron chi connectivity index (χ0n) is 20.5. The van der Waals surface area contributed by atoms with Crippen molar-refractivity contribution in [1.82, 2.24) is 30.7 Å². The van der Waals surface area contributed by atoms with Gasteiger partial charge in [-0.25, -0.2) is 14.8 Å². The summed E-state index contributed by atoms with van der Waals surface area (Å²) in [6.45, 7) is 2.96. The lowest BCUT2D eigenvalue weighted by molar-refractivity contribution is 0.0931. The molecule has 4 aromatic rings. The lowest BCUT2D eigenvalue weighted by Crippen LogP contribution is -2.29. The highest BCUT2D eigenvalue weighted by atomic mass is 16.5. The van der Waals surface area contributed by atoms with E-state index in [0.717, 1.165) is 52.0 Å². The van der Waals surface area contributed by atoms with Crippen molar-refractivity contribution in [2.45, 2.75) is 38.8 Å². The van der Waals surface area contributed by atoms with E-state index in [1.807, 2.05) is 37.3 Å².